The number of aliphatic carboxylic acids is 1. The first-order valence-corrected chi connectivity index (χ1v) is 10.4. The van der Waals surface area contributed by atoms with Crippen molar-refractivity contribution in [2.75, 3.05) is 46.8 Å². The van der Waals surface area contributed by atoms with Gasteiger partial charge in [0.15, 0.2) is 11.5 Å². The van der Waals surface area contributed by atoms with Crippen molar-refractivity contribution < 1.29 is 46.8 Å². The lowest BCUT2D eigenvalue weighted by atomic mass is 9.96. The van der Waals surface area contributed by atoms with Crippen LogP contribution in [0.1, 0.15) is 18.9 Å². The van der Waals surface area contributed by atoms with Crippen molar-refractivity contribution in [1.82, 2.24) is 10.2 Å². The van der Waals surface area contributed by atoms with E-state index in [4.69, 9.17) is 28.8 Å². The highest BCUT2D eigenvalue weighted by atomic mass is 19.4. The first-order valence-electron chi connectivity index (χ1n) is 10.4. The minimum atomic E-state index is -5.08. The van der Waals surface area contributed by atoms with Crippen LogP contribution in [0.25, 0.3) is 0 Å². The molecule has 0 bridgehead atoms. The van der Waals surface area contributed by atoms with Crippen molar-refractivity contribution in [3.63, 3.8) is 0 Å². The largest absolute Gasteiger partial charge is 0.490 e. The molecule has 12 heteroatoms. The highest BCUT2D eigenvalue weighted by molar-refractivity contribution is 5.76. The van der Waals surface area contributed by atoms with Crippen LogP contribution in [0, 0.1) is 5.92 Å². The number of benzene rings is 1. The van der Waals surface area contributed by atoms with Crippen LogP contribution in [-0.4, -0.2) is 80.9 Å². The van der Waals surface area contributed by atoms with Crippen molar-refractivity contribution in [3.05, 3.63) is 23.8 Å². The number of nitrogens with zero attached hydrogens (tertiary/aromatic N) is 1. The van der Waals surface area contributed by atoms with Crippen molar-refractivity contribution >= 4 is 11.9 Å². The number of carboxylic acid groups (broad SMARTS) is 1. The lowest BCUT2D eigenvalue weighted by molar-refractivity contribution is -0.192. The molecule has 186 valence electrons. The van der Waals surface area contributed by atoms with E-state index in [9.17, 15) is 18.0 Å². The minimum absolute atomic E-state index is 0.0485. The average Bonchev–Trinajstić information content (AvgIpc) is 3.15. The van der Waals surface area contributed by atoms with Crippen molar-refractivity contribution in [1.29, 1.82) is 0 Å². The monoisotopic (exact) mass is 478 g/mol. The smallest absolute Gasteiger partial charge is 0.475 e. The molecule has 9 nitrogen and oxygen atoms in total. The maximum atomic E-state index is 12.2. The second-order valence-corrected chi connectivity index (χ2v) is 7.58. The van der Waals surface area contributed by atoms with E-state index in [1.54, 1.807) is 7.11 Å². The second kappa shape index (κ2) is 12.6. The number of carboxylic acids is 1. The van der Waals surface area contributed by atoms with E-state index in [-0.39, 0.29) is 24.7 Å². The van der Waals surface area contributed by atoms with Crippen LogP contribution in [0.4, 0.5) is 13.2 Å². The zero-order valence-corrected chi connectivity index (χ0v) is 18.5. The molecule has 1 aromatic carbocycles. The Bertz CT molecular complexity index is 792. The number of halogens is 3. The van der Waals surface area contributed by atoms with Crippen LogP contribution in [0.2, 0.25) is 0 Å². The summed E-state index contributed by atoms with van der Waals surface area (Å²) in [5.41, 5.74) is 1.17. The lowest BCUT2D eigenvalue weighted by Crippen LogP contribution is -2.40. The number of rotatable bonds is 7. The molecule has 0 saturated carbocycles. The van der Waals surface area contributed by atoms with Gasteiger partial charge in [0, 0.05) is 45.1 Å². The number of methoxy groups -OCH3 is 1. The van der Waals surface area contributed by atoms with E-state index < -0.39 is 12.1 Å². The molecule has 2 atom stereocenters. The summed E-state index contributed by atoms with van der Waals surface area (Å²) in [7, 11) is 1.63. The third-order valence-electron chi connectivity index (χ3n) is 5.25. The predicted octanol–water partition coefficient (Wildman–Crippen LogP) is 2.04. The molecule has 2 heterocycles. The summed E-state index contributed by atoms with van der Waals surface area (Å²) < 4.78 is 53.3. The van der Waals surface area contributed by atoms with E-state index >= 15 is 0 Å². The SMILES string of the molecule is COCCNC(=O)C[C@H]1COCCN(Cc2ccc3c(c2)OCO3)[C@@H]1C.O=C(O)C(F)(F)F. The number of fused-ring (bicyclic) bond motifs is 1. The Morgan fingerprint density at radius 2 is 1.97 bits per heavy atom. The summed E-state index contributed by atoms with van der Waals surface area (Å²) in [5.74, 6) is -0.948. The van der Waals surface area contributed by atoms with Crippen molar-refractivity contribution in [3.8, 4) is 11.5 Å². The zero-order valence-electron chi connectivity index (χ0n) is 18.5. The standard InChI is InChI=1S/C19H28N2O5.C2HF3O2/c1-14-16(10-19(22)20-5-7-23-2)12-24-8-6-21(14)11-15-3-4-17-18(9-15)26-13-25-17;3-2(4,5)1(6)7/h3-4,9,14,16H,5-8,10-13H2,1-2H3,(H,20,22);(H,6,7)/t14-,16+;/m1./s1. The summed E-state index contributed by atoms with van der Waals surface area (Å²) >= 11 is 0. The quantitative estimate of drug-likeness (QED) is 0.574. The Hall–Kier alpha value is -2.57. The molecular formula is C21H29F3N2O7. The van der Waals surface area contributed by atoms with E-state index in [0.717, 1.165) is 24.6 Å². The van der Waals surface area contributed by atoms with Crippen LogP contribution in [0.5, 0.6) is 11.5 Å². The molecular weight excluding hydrogens is 449 g/mol. The average molecular weight is 478 g/mol. The molecule has 0 aromatic heterocycles. The van der Waals surface area contributed by atoms with Gasteiger partial charge in [-0.3, -0.25) is 9.69 Å². The maximum absolute atomic E-state index is 12.2. The van der Waals surface area contributed by atoms with Crippen LogP contribution < -0.4 is 14.8 Å². The third kappa shape index (κ3) is 8.71. The number of ether oxygens (including phenoxy) is 4. The Balaban J connectivity index is 0.000000479. The predicted molar refractivity (Wildman–Crippen MR) is 110 cm³/mol. The van der Waals surface area contributed by atoms with Gasteiger partial charge in [-0.25, -0.2) is 4.79 Å². The van der Waals surface area contributed by atoms with E-state index in [0.29, 0.717) is 32.8 Å². The van der Waals surface area contributed by atoms with Gasteiger partial charge in [-0.05, 0) is 24.6 Å². The summed E-state index contributed by atoms with van der Waals surface area (Å²) in [6.07, 6.45) is -4.62. The first kappa shape index (κ1) is 26.7. The Morgan fingerprint density at radius 1 is 1.27 bits per heavy atom. The van der Waals surface area contributed by atoms with Gasteiger partial charge in [0.25, 0.3) is 0 Å². The van der Waals surface area contributed by atoms with Gasteiger partial charge >= 0.3 is 12.1 Å². The number of carbonyl (C=O) groups is 2. The molecule has 1 saturated heterocycles. The van der Waals surface area contributed by atoms with Gasteiger partial charge in [0.05, 0.1) is 19.8 Å². The van der Waals surface area contributed by atoms with Crippen molar-refractivity contribution in [2.24, 2.45) is 5.92 Å². The third-order valence-corrected chi connectivity index (χ3v) is 5.25. The van der Waals surface area contributed by atoms with Gasteiger partial charge < -0.3 is 29.4 Å². The molecule has 1 amide bonds. The normalized spacial score (nSPS) is 20.4. The molecule has 0 unspecified atom stereocenters. The molecule has 0 radical (unpaired) electrons. The van der Waals surface area contributed by atoms with Gasteiger partial charge in [0.2, 0.25) is 12.7 Å². The summed E-state index contributed by atoms with van der Waals surface area (Å²) in [5, 5.41) is 10.0. The molecule has 2 N–H and O–H groups in total. The van der Waals surface area contributed by atoms with Crippen LogP contribution in [0.15, 0.2) is 18.2 Å². The van der Waals surface area contributed by atoms with E-state index in [2.05, 4.69) is 23.2 Å². The number of alkyl halides is 3. The zero-order chi connectivity index (χ0) is 24.4. The first-order chi connectivity index (χ1) is 15.6. The maximum Gasteiger partial charge on any atom is 0.490 e. The number of carbonyl (C=O) groups excluding carboxylic acids is 1. The number of amides is 1. The molecule has 33 heavy (non-hydrogen) atoms. The Kier molecular flexibility index (Phi) is 10.2. The van der Waals surface area contributed by atoms with Crippen LogP contribution in [-0.2, 0) is 25.6 Å². The summed E-state index contributed by atoms with van der Waals surface area (Å²) in [6.45, 7) is 6.45. The molecule has 2 aliphatic rings. The van der Waals surface area contributed by atoms with Gasteiger partial charge in [-0.15, -0.1) is 0 Å². The van der Waals surface area contributed by atoms with Crippen LogP contribution >= 0.6 is 0 Å². The number of hydrogen-bond acceptors (Lipinski definition) is 7. The number of hydrogen-bond donors (Lipinski definition) is 2. The lowest BCUT2D eigenvalue weighted by Gasteiger charge is -2.31. The fourth-order valence-corrected chi connectivity index (χ4v) is 3.39. The van der Waals surface area contributed by atoms with Gasteiger partial charge in [0.1, 0.15) is 0 Å². The Morgan fingerprint density at radius 3 is 2.64 bits per heavy atom. The van der Waals surface area contributed by atoms with Crippen molar-refractivity contribution in [2.45, 2.75) is 32.1 Å². The molecule has 1 aromatic rings. The summed E-state index contributed by atoms with van der Waals surface area (Å²) in [4.78, 5) is 23.4. The minimum Gasteiger partial charge on any atom is -0.475 e. The fraction of sp³-hybridized carbons (Fsp3) is 0.619. The molecule has 1 fully saturated rings. The molecule has 3 rings (SSSR count). The Labute approximate surface area is 189 Å². The second-order valence-electron chi connectivity index (χ2n) is 7.58. The fourth-order valence-electron chi connectivity index (χ4n) is 3.39. The van der Waals surface area contributed by atoms with Gasteiger partial charge in [-0.1, -0.05) is 6.07 Å². The van der Waals surface area contributed by atoms with E-state index in [1.807, 2.05) is 12.1 Å². The highest BCUT2D eigenvalue weighted by Crippen LogP contribution is 2.33. The molecule has 2 aliphatic heterocycles. The molecule has 0 aliphatic carbocycles. The summed E-state index contributed by atoms with van der Waals surface area (Å²) in [6, 6.07) is 6.31. The van der Waals surface area contributed by atoms with Crippen LogP contribution in [0.3, 0.4) is 0 Å². The molecule has 0 spiro atoms. The van der Waals surface area contributed by atoms with Gasteiger partial charge in [-0.2, -0.15) is 13.2 Å². The topological polar surface area (TPSA) is 107 Å². The van der Waals surface area contributed by atoms with E-state index in [1.165, 1.54) is 5.56 Å². The highest BCUT2D eigenvalue weighted by Gasteiger charge is 2.38. The number of nitrogens with one attached hydrogen (secondary N) is 1.